The molecule has 96 valence electrons. The second-order valence-corrected chi connectivity index (χ2v) is 3.87. The van der Waals surface area contributed by atoms with Crippen LogP contribution in [0.3, 0.4) is 0 Å². The SMILES string of the molecule is CCC(N)C(CC(=O)OC)c1ccccc1.Cl. The Bertz CT molecular complexity index is 329. The highest BCUT2D eigenvalue weighted by atomic mass is 35.5. The Labute approximate surface area is 109 Å². The third-order valence-corrected chi connectivity index (χ3v) is 2.83. The molecule has 0 aliphatic heterocycles. The molecule has 0 fully saturated rings. The Morgan fingerprint density at radius 2 is 1.94 bits per heavy atom. The summed E-state index contributed by atoms with van der Waals surface area (Å²) in [6.45, 7) is 2.03. The van der Waals surface area contributed by atoms with Gasteiger partial charge in [0.15, 0.2) is 0 Å². The fraction of sp³-hybridized carbons (Fsp3) is 0.462. The lowest BCUT2D eigenvalue weighted by Crippen LogP contribution is -2.29. The van der Waals surface area contributed by atoms with Gasteiger partial charge in [0.25, 0.3) is 0 Å². The quantitative estimate of drug-likeness (QED) is 0.825. The van der Waals surface area contributed by atoms with Gasteiger partial charge in [-0.25, -0.2) is 0 Å². The molecule has 1 aromatic carbocycles. The highest BCUT2D eigenvalue weighted by molar-refractivity contribution is 5.85. The van der Waals surface area contributed by atoms with Gasteiger partial charge < -0.3 is 10.5 Å². The van der Waals surface area contributed by atoms with Crippen LogP contribution in [0.15, 0.2) is 30.3 Å². The summed E-state index contributed by atoms with van der Waals surface area (Å²) in [5.74, 6) is -0.170. The van der Waals surface area contributed by atoms with E-state index in [9.17, 15) is 4.79 Å². The first-order chi connectivity index (χ1) is 7.69. The van der Waals surface area contributed by atoms with Crippen molar-refractivity contribution in [1.82, 2.24) is 0 Å². The highest BCUT2D eigenvalue weighted by Crippen LogP contribution is 2.24. The number of ether oxygens (including phenoxy) is 1. The van der Waals surface area contributed by atoms with Crippen LogP contribution in [0.1, 0.15) is 31.2 Å². The first-order valence-corrected chi connectivity index (χ1v) is 5.56. The number of benzene rings is 1. The number of hydrogen-bond donors (Lipinski definition) is 1. The van der Waals surface area contributed by atoms with Crippen LogP contribution in [0.25, 0.3) is 0 Å². The van der Waals surface area contributed by atoms with Crippen LogP contribution < -0.4 is 5.73 Å². The minimum absolute atomic E-state index is 0. The minimum atomic E-state index is -0.210. The van der Waals surface area contributed by atoms with Gasteiger partial charge in [-0.2, -0.15) is 0 Å². The van der Waals surface area contributed by atoms with E-state index in [2.05, 4.69) is 0 Å². The fourth-order valence-electron chi connectivity index (χ4n) is 1.76. The lowest BCUT2D eigenvalue weighted by Gasteiger charge is -2.22. The van der Waals surface area contributed by atoms with Crippen LogP contribution in [0.2, 0.25) is 0 Å². The lowest BCUT2D eigenvalue weighted by atomic mass is 9.88. The van der Waals surface area contributed by atoms with E-state index in [0.29, 0.717) is 6.42 Å². The molecule has 0 saturated heterocycles. The summed E-state index contributed by atoms with van der Waals surface area (Å²) in [7, 11) is 1.40. The predicted octanol–water partition coefficient (Wildman–Crippen LogP) is 2.49. The third-order valence-electron chi connectivity index (χ3n) is 2.83. The Balaban J connectivity index is 0.00000256. The number of esters is 1. The number of hydrogen-bond acceptors (Lipinski definition) is 3. The molecule has 0 saturated carbocycles. The molecule has 0 spiro atoms. The van der Waals surface area contributed by atoms with Crippen molar-refractivity contribution in [3.8, 4) is 0 Å². The van der Waals surface area contributed by atoms with Crippen molar-refractivity contribution in [2.24, 2.45) is 5.73 Å². The van der Waals surface area contributed by atoms with Gasteiger partial charge in [-0.3, -0.25) is 4.79 Å². The Morgan fingerprint density at radius 1 is 1.35 bits per heavy atom. The second-order valence-electron chi connectivity index (χ2n) is 3.87. The minimum Gasteiger partial charge on any atom is -0.469 e. The van der Waals surface area contributed by atoms with E-state index in [4.69, 9.17) is 10.5 Å². The topological polar surface area (TPSA) is 52.3 Å². The molecule has 17 heavy (non-hydrogen) atoms. The van der Waals surface area contributed by atoms with E-state index in [1.54, 1.807) is 0 Å². The number of methoxy groups -OCH3 is 1. The zero-order chi connectivity index (χ0) is 12.0. The van der Waals surface area contributed by atoms with Gasteiger partial charge >= 0.3 is 5.97 Å². The van der Waals surface area contributed by atoms with Gasteiger partial charge in [0, 0.05) is 12.0 Å². The number of halogens is 1. The van der Waals surface area contributed by atoms with Crippen molar-refractivity contribution >= 4 is 18.4 Å². The highest BCUT2D eigenvalue weighted by Gasteiger charge is 2.21. The van der Waals surface area contributed by atoms with Gasteiger partial charge in [0.1, 0.15) is 0 Å². The van der Waals surface area contributed by atoms with E-state index in [0.717, 1.165) is 12.0 Å². The zero-order valence-electron chi connectivity index (χ0n) is 10.3. The molecule has 2 unspecified atom stereocenters. The van der Waals surface area contributed by atoms with Gasteiger partial charge in [-0.15, -0.1) is 12.4 Å². The van der Waals surface area contributed by atoms with Gasteiger partial charge in [0.2, 0.25) is 0 Å². The van der Waals surface area contributed by atoms with Crippen molar-refractivity contribution in [1.29, 1.82) is 0 Å². The number of carbonyl (C=O) groups excluding carboxylic acids is 1. The van der Waals surface area contributed by atoms with Crippen LogP contribution >= 0.6 is 12.4 Å². The molecular formula is C13H20ClNO2. The second kappa shape index (κ2) is 8.09. The summed E-state index contributed by atoms with van der Waals surface area (Å²) in [5.41, 5.74) is 7.14. The summed E-state index contributed by atoms with van der Waals surface area (Å²) < 4.78 is 4.70. The molecule has 0 aliphatic rings. The number of rotatable bonds is 5. The maximum atomic E-state index is 11.3. The van der Waals surface area contributed by atoms with E-state index < -0.39 is 0 Å². The molecule has 0 amide bonds. The molecule has 0 radical (unpaired) electrons. The smallest absolute Gasteiger partial charge is 0.306 e. The summed E-state index contributed by atoms with van der Waals surface area (Å²) in [6, 6.07) is 9.87. The molecule has 2 N–H and O–H groups in total. The molecule has 2 atom stereocenters. The zero-order valence-corrected chi connectivity index (χ0v) is 11.1. The van der Waals surface area contributed by atoms with Crippen LogP contribution in [0.5, 0.6) is 0 Å². The van der Waals surface area contributed by atoms with Gasteiger partial charge in [-0.1, -0.05) is 37.3 Å². The predicted molar refractivity (Wildman–Crippen MR) is 71.3 cm³/mol. The maximum absolute atomic E-state index is 11.3. The average molecular weight is 258 g/mol. The summed E-state index contributed by atoms with van der Waals surface area (Å²) in [5, 5.41) is 0. The first-order valence-electron chi connectivity index (χ1n) is 5.56. The normalized spacial score (nSPS) is 13.4. The summed E-state index contributed by atoms with van der Waals surface area (Å²) in [4.78, 5) is 11.3. The Kier molecular flexibility index (Phi) is 7.59. The van der Waals surface area contributed by atoms with Crippen molar-refractivity contribution in [3.05, 3.63) is 35.9 Å². The summed E-state index contributed by atoms with van der Waals surface area (Å²) >= 11 is 0. The largest absolute Gasteiger partial charge is 0.469 e. The first kappa shape index (κ1) is 15.9. The Morgan fingerprint density at radius 3 is 2.41 bits per heavy atom. The van der Waals surface area contributed by atoms with Gasteiger partial charge in [-0.05, 0) is 12.0 Å². The van der Waals surface area contributed by atoms with Crippen molar-refractivity contribution in [2.75, 3.05) is 7.11 Å². The molecule has 3 nitrogen and oxygen atoms in total. The molecule has 1 rings (SSSR count). The average Bonchev–Trinajstić information content (AvgIpc) is 2.35. The molecule has 0 aromatic heterocycles. The van der Waals surface area contributed by atoms with Crippen LogP contribution in [-0.4, -0.2) is 19.1 Å². The standard InChI is InChI=1S/C13H19NO2.ClH/c1-3-12(14)11(9-13(15)16-2)10-7-5-4-6-8-10;/h4-8,11-12H,3,9,14H2,1-2H3;1H. The molecule has 0 heterocycles. The third kappa shape index (κ3) is 4.75. The monoisotopic (exact) mass is 257 g/mol. The van der Waals surface area contributed by atoms with E-state index in [1.165, 1.54) is 7.11 Å². The molecule has 0 aliphatic carbocycles. The maximum Gasteiger partial charge on any atom is 0.306 e. The van der Waals surface area contributed by atoms with E-state index in [-0.39, 0.29) is 30.3 Å². The van der Waals surface area contributed by atoms with Crippen LogP contribution in [0.4, 0.5) is 0 Å². The van der Waals surface area contributed by atoms with Crippen LogP contribution in [-0.2, 0) is 9.53 Å². The number of nitrogens with two attached hydrogens (primary N) is 1. The van der Waals surface area contributed by atoms with Crippen molar-refractivity contribution in [2.45, 2.75) is 31.7 Å². The molecule has 0 bridgehead atoms. The van der Waals surface area contributed by atoms with Crippen LogP contribution in [0, 0.1) is 0 Å². The van der Waals surface area contributed by atoms with Gasteiger partial charge in [0.05, 0.1) is 13.5 Å². The van der Waals surface area contributed by atoms with Crippen molar-refractivity contribution < 1.29 is 9.53 Å². The van der Waals surface area contributed by atoms with E-state index in [1.807, 2.05) is 37.3 Å². The lowest BCUT2D eigenvalue weighted by molar-refractivity contribution is -0.141. The molecule has 1 aromatic rings. The number of carbonyl (C=O) groups is 1. The fourth-order valence-corrected chi connectivity index (χ4v) is 1.76. The van der Waals surface area contributed by atoms with Crippen molar-refractivity contribution in [3.63, 3.8) is 0 Å². The van der Waals surface area contributed by atoms with E-state index >= 15 is 0 Å². The summed E-state index contributed by atoms with van der Waals surface area (Å²) in [6.07, 6.45) is 1.19. The molecular weight excluding hydrogens is 238 g/mol. The molecule has 4 heteroatoms. The Hall–Kier alpha value is -1.06.